The number of aromatic nitrogens is 1. The molecule has 0 bridgehead atoms. The van der Waals surface area contributed by atoms with Gasteiger partial charge >= 0.3 is 0 Å². The standard InChI is InChI=1S/C22H25FN2O/c1-3-4-12-24-22(26)14-19(16-8-7-9-17(23)13-16)20-15-25(2)21-11-6-5-10-18(20)21/h5-11,13,15,19H,3-4,12,14H2,1-2H3,(H,24,26)/t19-/m0/s1. The number of carbonyl (C=O) groups excluding carboxylic acids is 1. The van der Waals surface area contributed by atoms with Crippen molar-refractivity contribution in [1.82, 2.24) is 9.88 Å². The molecule has 3 aromatic rings. The first kappa shape index (κ1) is 18.2. The average molecular weight is 352 g/mol. The van der Waals surface area contributed by atoms with Gasteiger partial charge in [-0.2, -0.15) is 0 Å². The van der Waals surface area contributed by atoms with Crippen LogP contribution in [0.25, 0.3) is 10.9 Å². The van der Waals surface area contributed by atoms with Crippen molar-refractivity contribution in [3.63, 3.8) is 0 Å². The number of amides is 1. The summed E-state index contributed by atoms with van der Waals surface area (Å²) >= 11 is 0. The SMILES string of the molecule is CCCCNC(=O)C[C@@H](c1cccc(F)c1)c1cn(C)c2ccccc12. The highest BCUT2D eigenvalue weighted by Gasteiger charge is 2.22. The van der Waals surface area contributed by atoms with E-state index in [1.807, 2.05) is 25.2 Å². The summed E-state index contributed by atoms with van der Waals surface area (Å²) < 4.78 is 15.9. The highest BCUT2D eigenvalue weighted by molar-refractivity contribution is 5.86. The minimum Gasteiger partial charge on any atom is -0.356 e. The lowest BCUT2D eigenvalue weighted by Gasteiger charge is -2.17. The number of hydrogen-bond acceptors (Lipinski definition) is 1. The Kier molecular flexibility index (Phi) is 5.71. The van der Waals surface area contributed by atoms with Gasteiger partial charge in [-0.1, -0.05) is 43.7 Å². The van der Waals surface area contributed by atoms with Crippen molar-refractivity contribution < 1.29 is 9.18 Å². The fourth-order valence-electron chi connectivity index (χ4n) is 3.44. The Labute approximate surface area is 153 Å². The maximum Gasteiger partial charge on any atom is 0.220 e. The molecule has 1 atom stereocenters. The maximum absolute atomic E-state index is 13.8. The second-order valence-electron chi connectivity index (χ2n) is 6.73. The highest BCUT2D eigenvalue weighted by atomic mass is 19.1. The smallest absolute Gasteiger partial charge is 0.220 e. The lowest BCUT2D eigenvalue weighted by Crippen LogP contribution is -2.26. The van der Waals surface area contributed by atoms with Gasteiger partial charge in [-0.3, -0.25) is 4.79 Å². The van der Waals surface area contributed by atoms with Gasteiger partial charge in [0.2, 0.25) is 5.91 Å². The summed E-state index contributed by atoms with van der Waals surface area (Å²) in [6.07, 6.45) is 4.36. The van der Waals surface area contributed by atoms with Crippen LogP contribution in [0.5, 0.6) is 0 Å². The number of rotatable bonds is 7. The van der Waals surface area contributed by atoms with Gasteiger partial charge in [0.1, 0.15) is 5.82 Å². The van der Waals surface area contributed by atoms with Crippen LogP contribution in [0.3, 0.4) is 0 Å². The van der Waals surface area contributed by atoms with E-state index in [0.717, 1.165) is 34.9 Å². The van der Waals surface area contributed by atoms with E-state index in [-0.39, 0.29) is 17.6 Å². The monoisotopic (exact) mass is 352 g/mol. The van der Waals surface area contributed by atoms with Crippen molar-refractivity contribution in [2.24, 2.45) is 7.05 Å². The molecule has 1 heterocycles. The number of benzene rings is 2. The molecule has 1 aromatic heterocycles. The number of nitrogens with one attached hydrogen (secondary N) is 1. The average Bonchev–Trinajstić information content (AvgIpc) is 2.97. The second kappa shape index (κ2) is 8.17. The number of para-hydroxylation sites is 1. The Morgan fingerprint density at radius 2 is 2.00 bits per heavy atom. The van der Waals surface area contributed by atoms with Crippen molar-refractivity contribution in [1.29, 1.82) is 0 Å². The molecule has 1 N–H and O–H groups in total. The minimum atomic E-state index is -0.279. The number of carbonyl (C=O) groups is 1. The van der Waals surface area contributed by atoms with Gasteiger partial charge in [-0.05, 0) is 35.7 Å². The molecule has 0 spiro atoms. The van der Waals surface area contributed by atoms with Crippen LogP contribution in [0.1, 0.15) is 43.2 Å². The molecule has 0 radical (unpaired) electrons. The van der Waals surface area contributed by atoms with Crippen LogP contribution in [-0.2, 0) is 11.8 Å². The fourth-order valence-corrected chi connectivity index (χ4v) is 3.44. The number of aryl methyl sites for hydroxylation is 1. The highest BCUT2D eigenvalue weighted by Crippen LogP contribution is 2.34. The zero-order valence-electron chi connectivity index (χ0n) is 15.3. The van der Waals surface area contributed by atoms with Gasteiger partial charge < -0.3 is 9.88 Å². The van der Waals surface area contributed by atoms with E-state index in [1.54, 1.807) is 6.07 Å². The molecule has 0 unspecified atom stereocenters. The lowest BCUT2D eigenvalue weighted by molar-refractivity contribution is -0.121. The topological polar surface area (TPSA) is 34.0 Å². The molecule has 2 aromatic carbocycles. The predicted octanol–water partition coefficient (Wildman–Crippen LogP) is 4.76. The summed E-state index contributed by atoms with van der Waals surface area (Å²) in [5, 5.41) is 4.09. The minimum absolute atomic E-state index is 0.000598. The molecule has 1 amide bonds. The lowest BCUT2D eigenvalue weighted by atomic mass is 9.88. The molecular weight excluding hydrogens is 327 g/mol. The first-order valence-corrected chi connectivity index (χ1v) is 9.16. The third kappa shape index (κ3) is 3.96. The zero-order valence-corrected chi connectivity index (χ0v) is 15.3. The van der Waals surface area contributed by atoms with E-state index in [0.29, 0.717) is 13.0 Å². The Bertz CT molecular complexity index is 900. The van der Waals surface area contributed by atoms with Crippen molar-refractivity contribution in [2.75, 3.05) is 6.54 Å². The number of halogens is 1. The molecule has 3 rings (SSSR count). The van der Waals surface area contributed by atoms with Gasteiger partial charge in [-0.15, -0.1) is 0 Å². The fraction of sp³-hybridized carbons (Fsp3) is 0.318. The third-order valence-corrected chi connectivity index (χ3v) is 4.80. The van der Waals surface area contributed by atoms with E-state index in [1.165, 1.54) is 12.1 Å². The molecular formula is C22H25FN2O. The largest absolute Gasteiger partial charge is 0.356 e. The quantitative estimate of drug-likeness (QED) is 0.612. The van der Waals surface area contributed by atoms with Crippen molar-refractivity contribution in [3.05, 3.63) is 71.7 Å². The van der Waals surface area contributed by atoms with Gasteiger partial charge in [-0.25, -0.2) is 4.39 Å². The molecule has 136 valence electrons. The Morgan fingerprint density at radius 1 is 1.19 bits per heavy atom. The number of fused-ring (bicyclic) bond motifs is 1. The molecule has 0 aliphatic carbocycles. The van der Waals surface area contributed by atoms with Crippen molar-refractivity contribution in [2.45, 2.75) is 32.1 Å². The van der Waals surface area contributed by atoms with Gasteiger partial charge in [0.05, 0.1) is 0 Å². The number of unbranched alkanes of at least 4 members (excludes halogenated alkanes) is 1. The summed E-state index contributed by atoms with van der Waals surface area (Å²) in [5.41, 5.74) is 2.99. The molecule has 26 heavy (non-hydrogen) atoms. The van der Waals surface area contributed by atoms with Crippen LogP contribution in [-0.4, -0.2) is 17.0 Å². The molecule has 0 aliphatic heterocycles. The normalized spacial score (nSPS) is 12.3. The van der Waals surface area contributed by atoms with Crippen molar-refractivity contribution in [3.8, 4) is 0 Å². The van der Waals surface area contributed by atoms with Gasteiger partial charge in [0.15, 0.2) is 0 Å². The van der Waals surface area contributed by atoms with E-state index in [4.69, 9.17) is 0 Å². The van der Waals surface area contributed by atoms with Crippen LogP contribution in [0.15, 0.2) is 54.7 Å². The summed E-state index contributed by atoms with van der Waals surface area (Å²) in [6.45, 7) is 2.78. The molecule has 3 nitrogen and oxygen atoms in total. The van der Waals surface area contributed by atoms with Crippen LogP contribution in [0.2, 0.25) is 0 Å². The van der Waals surface area contributed by atoms with E-state index >= 15 is 0 Å². The first-order chi connectivity index (χ1) is 12.6. The third-order valence-electron chi connectivity index (χ3n) is 4.80. The predicted molar refractivity (Wildman–Crippen MR) is 104 cm³/mol. The van der Waals surface area contributed by atoms with Crippen molar-refractivity contribution >= 4 is 16.8 Å². The first-order valence-electron chi connectivity index (χ1n) is 9.16. The molecule has 4 heteroatoms. The van der Waals surface area contributed by atoms with E-state index in [2.05, 4.69) is 35.1 Å². The number of hydrogen-bond donors (Lipinski definition) is 1. The summed E-state index contributed by atoms with van der Waals surface area (Å²) in [7, 11) is 2.00. The van der Waals surface area contributed by atoms with E-state index < -0.39 is 0 Å². The van der Waals surface area contributed by atoms with Crippen LogP contribution in [0.4, 0.5) is 4.39 Å². The number of nitrogens with zero attached hydrogens (tertiary/aromatic N) is 1. The molecule has 0 saturated heterocycles. The molecule has 0 aliphatic rings. The van der Waals surface area contributed by atoms with Crippen LogP contribution in [0, 0.1) is 5.82 Å². The summed E-state index contributed by atoms with van der Waals surface area (Å²) in [6, 6.07) is 14.7. The zero-order chi connectivity index (χ0) is 18.5. The van der Waals surface area contributed by atoms with E-state index in [9.17, 15) is 9.18 Å². The van der Waals surface area contributed by atoms with Crippen LogP contribution < -0.4 is 5.32 Å². The van der Waals surface area contributed by atoms with Gasteiger partial charge in [0.25, 0.3) is 0 Å². The molecule has 0 fully saturated rings. The summed E-state index contributed by atoms with van der Waals surface area (Å²) in [4.78, 5) is 12.5. The Balaban J connectivity index is 1.98. The maximum atomic E-state index is 13.8. The molecule has 0 saturated carbocycles. The second-order valence-corrected chi connectivity index (χ2v) is 6.73. The van der Waals surface area contributed by atoms with Crippen LogP contribution >= 0.6 is 0 Å². The summed E-state index contributed by atoms with van der Waals surface area (Å²) in [5.74, 6) is -0.460. The Hall–Kier alpha value is -2.62. The van der Waals surface area contributed by atoms with Gasteiger partial charge in [0, 0.05) is 43.0 Å². The Morgan fingerprint density at radius 3 is 2.77 bits per heavy atom.